The minimum absolute atomic E-state index is 0.00979. The number of amides is 1. The van der Waals surface area contributed by atoms with Crippen molar-refractivity contribution in [3.05, 3.63) is 35.9 Å². The minimum Gasteiger partial charge on any atom is -0.353 e. The number of carbonyl (C=O) groups is 1. The van der Waals surface area contributed by atoms with E-state index in [1.807, 2.05) is 38.0 Å². The van der Waals surface area contributed by atoms with Crippen LogP contribution in [0.2, 0.25) is 0 Å². The fourth-order valence-corrected chi connectivity index (χ4v) is 4.10. The molecule has 126 valence electrons. The molecule has 4 heteroatoms. The van der Waals surface area contributed by atoms with Gasteiger partial charge in [0.05, 0.1) is 0 Å². The van der Waals surface area contributed by atoms with Gasteiger partial charge in [0.15, 0.2) is 0 Å². The molecule has 1 saturated carbocycles. The summed E-state index contributed by atoms with van der Waals surface area (Å²) in [6, 6.07) is 8.37. The zero-order valence-corrected chi connectivity index (χ0v) is 15.1. The summed E-state index contributed by atoms with van der Waals surface area (Å²) < 4.78 is 0. The van der Waals surface area contributed by atoms with Crippen LogP contribution in [0.1, 0.15) is 37.7 Å². The maximum atomic E-state index is 11.9. The van der Waals surface area contributed by atoms with Crippen LogP contribution in [0.15, 0.2) is 35.2 Å². The molecule has 1 aromatic carbocycles. The van der Waals surface area contributed by atoms with Gasteiger partial charge in [0, 0.05) is 22.8 Å². The lowest BCUT2D eigenvalue weighted by Crippen LogP contribution is -2.25. The lowest BCUT2D eigenvalue weighted by atomic mass is 10.2. The Kier molecular flexibility index (Phi) is 7.69. The maximum absolute atomic E-state index is 11.9. The van der Waals surface area contributed by atoms with E-state index < -0.39 is 0 Å². The van der Waals surface area contributed by atoms with Crippen molar-refractivity contribution in [1.82, 2.24) is 10.2 Å². The highest BCUT2D eigenvalue weighted by atomic mass is 32.2. The average molecular weight is 333 g/mol. The first-order chi connectivity index (χ1) is 11.1. The van der Waals surface area contributed by atoms with Gasteiger partial charge in [0.1, 0.15) is 0 Å². The minimum atomic E-state index is -0.00979. The molecule has 0 saturated heterocycles. The first-order valence-corrected chi connectivity index (χ1v) is 9.39. The number of benzene rings is 1. The van der Waals surface area contributed by atoms with Crippen LogP contribution >= 0.6 is 11.8 Å². The Balaban J connectivity index is 1.84. The predicted molar refractivity (Wildman–Crippen MR) is 99.8 cm³/mol. The quantitative estimate of drug-likeness (QED) is 0.580. The van der Waals surface area contributed by atoms with Crippen LogP contribution in [0.3, 0.4) is 0 Å². The molecular formula is C19H28N2OS. The summed E-state index contributed by atoms with van der Waals surface area (Å²) in [4.78, 5) is 15.3. The first-order valence-electron chi connectivity index (χ1n) is 8.51. The van der Waals surface area contributed by atoms with Crippen LogP contribution in [0.5, 0.6) is 0 Å². The molecule has 2 rings (SSSR count). The first kappa shape index (κ1) is 18.1. The molecule has 1 amide bonds. The highest BCUT2D eigenvalue weighted by Gasteiger charge is 2.16. The monoisotopic (exact) mass is 332 g/mol. The van der Waals surface area contributed by atoms with Gasteiger partial charge in [0.2, 0.25) is 5.91 Å². The van der Waals surface area contributed by atoms with Gasteiger partial charge in [-0.3, -0.25) is 4.79 Å². The molecule has 0 aliphatic heterocycles. The molecule has 1 aliphatic rings. The number of carbonyl (C=O) groups excluding carboxylic acids is 1. The Hall–Kier alpha value is -1.26. The SMILES string of the molecule is CN(C)CCCNC(=O)/C=C/c1ccccc1SC1CCCC1. The van der Waals surface area contributed by atoms with Crippen LogP contribution in [-0.4, -0.2) is 43.2 Å². The summed E-state index contributed by atoms with van der Waals surface area (Å²) in [6.07, 6.45) is 9.91. The smallest absolute Gasteiger partial charge is 0.244 e. The second kappa shape index (κ2) is 9.78. The normalized spacial score (nSPS) is 15.6. The van der Waals surface area contributed by atoms with Gasteiger partial charge < -0.3 is 10.2 Å². The topological polar surface area (TPSA) is 32.3 Å². The third-order valence-corrected chi connectivity index (χ3v) is 5.44. The largest absolute Gasteiger partial charge is 0.353 e. The van der Waals surface area contributed by atoms with E-state index in [2.05, 4.69) is 28.4 Å². The summed E-state index contributed by atoms with van der Waals surface area (Å²) in [5, 5.41) is 3.68. The van der Waals surface area contributed by atoms with E-state index in [1.54, 1.807) is 6.08 Å². The number of nitrogens with one attached hydrogen (secondary N) is 1. The van der Waals surface area contributed by atoms with Crippen molar-refractivity contribution in [3.63, 3.8) is 0 Å². The molecule has 23 heavy (non-hydrogen) atoms. The molecule has 0 aromatic heterocycles. The van der Waals surface area contributed by atoms with E-state index >= 15 is 0 Å². The van der Waals surface area contributed by atoms with Gasteiger partial charge in [-0.15, -0.1) is 11.8 Å². The standard InChI is InChI=1S/C19H28N2OS/c1-21(2)15-7-14-20-19(22)13-12-16-8-3-6-11-18(16)23-17-9-4-5-10-17/h3,6,8,11-13,17H,4-5,7,9-10,14-15H2,1-2H3,(H,20,22)/b13-12+. The van der Waals surface area contributed by atoms with Crippen molar-refractivity contribution in [2.24, 2.45) is 0 Å². The maximum Gasteiger partial charge on any atom is 0.244 e. The fourth-order valence-electron chi connectivity index (χ4n) is 2.74. The van der Waals surface area contributed by atoms with Crippen molar-refractivity contribution in [2.45, 2.75) is 42.2 Å². The molecule has 1 aliphatic carbocycles. The van der Waals surface area contributed by atoms with E-state index in [0.717, 1.165) is 30.3 Å². The lowest BCUT2D eigenvalue weighted by Gasteiger charge is -2.11. The highest BCUT2D eigenvalue weighted by Crippen LogP contribution is 2.36. The van der Waals surface area contributed by atoms with Crippen molar-refractivity contribution >= 4 is 23.7 Å². The third kappa shape index (κ3) is 6.80. The number of nitrogens with zero attached hydrogens (tertiary/aromatic N) is 1. The molecule has 0 radical (unpaired) electrons. The lowest BCUT2D eigenvalue weighted by molar-refractivity contribution is -0.116. The summed E-state index contributed by atoms with van der Waals surface area (Å²) in [5.74, 6) is -0.00979. The Morgan fingerprint density at radius 2 is 2.04 bits per heavy atom. The number of thioether (sulfide) groups is 1. The van der Waals surface area contributed by atoms with Gasteiger partial charge in [-0.05, 0) is 57.6 Å². The Morgan fingerprint density at radius 1 is 1.30 bits per heavy atom. The number of rotatable bonds is 8. The fraction of sp³-hybridized carbons (Fsp3) is 0.526. The molecule has 0 bridgehead atoms. The van der Waals surface area contributed by atoms with Crippen LogP contribution in [0, 0.1) is 0 Å². The molecular weight excluding hydrogens is 304 g/mol. The van der Waals surface area contributed by atoms with E-state index in [9.17, 15) is 4.79 Å². The summed E-state index contributed by atoms with van der Waals surface area (Å²) in [6.45, 7) is 1.71. The second-order valence-corrected chi connectivity index (χ2v) is 7.69. The molecule has 0 heterocycles. The molecule has 0 atom stereocenters. The van der Waals surface area contributed by atoms with Crippen molar-refractivity contribution in [1.29, 1.82) is 0 Å². The molecule has 1 N–H and O–H groups in total. The van der Waals surface area contributed by atoms with Crippen LogP contribution in [-0.2, 0) is 4.79 Å². The Bertz CT molecular complexity index is 522. The van der Waals surface area contributed by atoms with Gasteiger partial charge in [-0.1, -0.05) is 31.0 Å². The number of hydrogen-bond donors (Lipinski definition) is 1. The van der Waals surface area contributed by atoms with Gasteiger partial charge >= 0.3 is 0 Å². The third-order valence-electron chi connectivity index (χ3n) is 4.01. The molecule has 1 fully saturated rings. The van der Waals surface area contributed by atoms with E-state index in [1.165, 1.54) is 30.6 Å². The van der Waals surface area contributed by atoms with Crippen LogP contribution in [0.25, 0.3) is 6.08 Å². The van der Waals surface area contributed by atoms with Crippen molar-refractivity contribution < 1.29 is 4.79 Å². The average Bonchev–Trinajstić information content (AvgIpc) is 3.03. The summed E-state index contributed by atoms with van der Waals surface area (Å²) in [7, 11) is 4.08. The van der Waals surface area contributed by atoms with Crippen molar-refractivity contribution in [3.8, 4) is 0 Å². The van der Waals surface area contributed by atoms with Crippen molar-refractivity contribution in [2.75, 3.05) is 27.2 Å². The Morgan fingerprint density at radius 3 is 2.78 bits per heavy atom. The molecule has 0 spiro atoms. The Labute approximate surface area is 144 Å². The van der Waals surface area contributed by atoms with Crippen LogP contribution < -0.4 is 5.32 Å². The van der Waals surface area contributed by atoms with Gasteiger partial charge in [-0.25, -0.2) is 0 Å². The summed E-state index contributed by atoms with van der Waals surface area (Å²) in [5.41, 5.74) is 1.15. The van der Waals surface area contributed by atoms with Gasteiger partial charge in [0.25, 0.3) is 0 Å². The van der Waals surface area contributed by atoms with E-state index in [4.69, 9.17) is 0 Å². The predicted octanol–water partition coefficient (Wildman–Crippen LogP) is 3.80. The molecule has 1 aromatic rings. The zero-order valence-electron chi connectivity index (χ0n) is 14.3. The second-order valence-electron chi connectivity index (χ2n) is 6.34. The van der Waals surface area contributed by atoms with E-state index in [-0.39, 0.29) is 5.91 Å². The molecule has 0 unspecified atom stereocenters. The van der Waals surface area contributed by atoms with Crippen LogP contribution in [0.4, 0.5) is 0 Å². The van der Waals surface area contributed by atoms with E-state index in [0.29, 0.717) is 0 Å². The molecule has 3 nitrogen and oxygen atoms in total. The zero-order chi connectivity index (χ0) is 16.5. The summed E-state index contributed by atoms with van der Waals surface area (Å²) >= 11 is 1.97. The highest BCUT2D eigenvalue weighted by molar-refractivity contribution is 8.00. The van der Waals surface area contributed by atoms with Gasteiger partial charge in [-0.2, -0.15) is 0 Å². The number of hydrogen-bond acceptors (Lipinski definition) is 3.